The molecule has 0 spiro atoms. The first kappa shape index (κ1) is 14.4. The molecule has 0 aliphatic heterocycles. The fourth-order valence-corrected chi connectivity index (χ4v) is 3.16. The van der Waals surface area contributed by atoms with Gasteiger partial charge in [0, 0.05) is 15.4 Å². The number of halogens is 2. The molecule has 0 atom stereocenters. The van der Waals surface area contributed by atoms with E-state index in [0.29, 0.717) is 5.13 Å². The predicted octanol–water partition coefficient (Wildman–Crippen LogP) is 5.22. The van der Waals surface area contributed by atoms with Crippen LogP contribution < -0.4 is 5.43 Å². The highest BCUT2D eigenvalue weighted by Gasteiger charge is 2.03. The number of benzene rings is 1. The van der Waals surface area contributed by atoms with Crippen molar-refractivity contribution in [3.05, 3.63) is 56.3 Å². The zero-order valence-corrected chi connectivity index (χ0v) is 13.8. The Morgan fingerprint density at radius 3 is 2.71 bits per heavy atom. The van der Waals surface area contributed by atoms with Crippen LogP contribution in [-0.2, 0) is 0 Å². The second-order valence-corrected chi connectivity index (χ2v) is 6.90. The fraction of sp³-hybridized carbons (Fsp3) is 0. The van der Waals surface area contributed by atoms with Crippen LogP contribution in [0.15, 0.2) is 51.4 Å². The Labute approximate surface area is 137 Å². The van der Waals surface area contributed by atoms with Crippen LogP contribution in [0.3, 0.4) is 0 Å². The first-order chi connectivity index (χ1) is 10.2. The van der Waals surface area contributed by atoms with Crippen molar-refractivity contribution in [3.63, 3.8) is 0 Å². The fourth-order valence-electron chi connectivity index (χ4n) is 1.63. The molecular weight excluding hydrogens is 373 g/mol. The number of nitrogens with zero attached hydrogens (tertiary/aromatic N) is 2. The summed E-state index contributed by atoms with van der Waals surface area (Å²) in [6.45, 7) is 0. The van der Waals surface area contributed by atoms with Gasteiger partial charge >= 0.3 is 0 Å². The van der Waals surface area contributed by atoms with Crippen LogP contribution in [0.4, 0.5) is 9.52 Å². The van der Waals surface area contributed by atoms with Crippen LogP contribution in [0, 0.1) is 5.13 Å². The van der Waals surface area contributed by atoms with Crippen molar-refractivity contribution in [2.45, 2.75) is 0 Å². The van der Waals surface area contributed by atoms with E-state index < -0.39 is 0 Å². The van der Waals surface area contributed by atoms with E-state index in [1.807, 2.05) is 29.6 Å². The second-order valence-electron chi connectivity index (χ2n) is 4.06. The van der Waals surface area contributed by atoms with Crippen molar-refractivity contribution in [2.75, 3.05) is 5.43 Å². The molecule has 0 radical (unpaired) electrons. The van der Waals surface area contributed by atoms with Gasteiger partial charge in [-0.25, -0.2) is 4.98 Å². The van der Waals surface area contributed by atoms with Gasteiger partial charge in [0.1, 0.15) is 0 Å². The van der Waals surface area contributed by atoms with Crippen LogP contribution in [0.5, 0.6) is 0 Å². The Morgan fingerprint density at radius 1 is 1.19 bits per heavy atom. The molecular formula is C14H9BrFN3S2. The molecule has 21 heavy (non-hydrogen) atoms. The van der Waals surface area contributed by atoms with Gasteiger partial charge in [0.15, 0.2) is 5.13 Å². The summed E-state index contributed by atoms with van der Waals surface area (Å²) < 4.78 is 13.9. The molecule has 0 bridgehead atoms. The zero-order chi connectivity index (χ0) is 14.7. The molecule has 3 nitrogen and oxygen atoms in total. The first-order valence-electron chi connectivity index (χ1n) is 5.96. The molecule has 3 rings (SSSR count). The van der Waals surface area contributed by atoms with Crippen molar-refractivity contribution in [1.29, 1.82) is 0 Å². The number of hydrogen-bond acceptors (Lipinski definition) is 5. The summed E-state index contributed by atoms with van der Waals surface area (Å²) in [4.78, 5) is 5.21. The Bertz CT molecular complexity index is 765. The van der Waals surface area contributed by atoms with Gasteiger partial charge in [0.25, 0.3) is 0 Å². The number of hydrazone groups is 1. The quantitative estimate of drug-likeness (QED) is 0.496. The average molecular weight is 382 g/mol. The van der Waals surface area contributed by atoms with Gasteiger partial charge in [-0.2, -0.15) is 9.49 Å². The number of rotatable bonds is 4. The van der Waals surface area contributed by atoms with E-state index in [9.17, 15) is 4.39 Å². The number of thiazole rings is 1. The minimum absolute atomic E-state index is 0.219. The first-order valence-corrected chi connectivity index (χ1v) is 8.45. The Hall–Kier alpha value is -1.57. The highest BCUT2D eigenvalue weighted by Crippen LogP contribution is 2.26. The summed E-state index contributed by atoms with van der Waals surface area (Å²) >= 11 is 5.93. The molecule has 1 N–H and O–H groups in total. The summed E-state index contributed by atoms with van der Waals surface area (Å²) in [6, 6.07) is 11.1. The van der Waals surface area contributed by atoms with Gasteiger partial charge < -0.3 is 0 Å². The molecule has 0 saturated heterocycles. The monoisotopic (exact) mass is 381 g/mol. The van der Waals surface area contributed by atoms with E-state index in [0.717, 1.165) is 31.9 Å². The highest BCUT2D eigenvalue weighted by molar-refractivity contribution is 9.10. The SMILES string of the molecule is Fc1ccc(C=NNc2nc(-c3ccc(Br)cc3)cs2)s1. The van der Waals surface area contributed by atoms with E-state index in [-0.39, 0.29) is 5.13 Å². The predicted molar refractivity (Wildman–Crippen MR) is 90.7 cm³/mol. The summed E-state index contributed by atoms with van der Waals surface area (Å²) in [5.41, 5.74) is 4.80. The summed E-state index contributed by atoms with van der Waals surface area (Å²) in [5, 5.41) is 6.50. The number of nitrogens with one attached hydrogen (secondary N) is 1. The lowest BCUT2D eigenvalue weighted by molar-refractivity contribution is 0.657. The number of anilines is 1. The molecule has 0 aliphatic rings. The summed E-state index contributed by atoms with van der Waals surface area (Å²) in [7, 11) is 0. The van der Waals surface area contributed by atoms with Crippen molar-refractivity contribution < 1.29 is 4.39 Å². The number of hydrogen-bond donors (Lipinski definition) is 1. The van der Waals surface area contributed by atoms with E-state index in [2.05, 4.69) is 31.4 Å². The van der Waals surface area contributed by atoms with Crippen LogP contribution in [0.25, 0.3) is 11.3 Å². The third-order valence-corrected chi connectivity index (χ3v) is 4.67. The van der Waals surface area contributed by atoms with Gasteiger partial charge in [-0.05, 0) is 24.3 Å². The third-order valence-electron chi connectivity index (χ3n) is 2.59. The molecule has 106 valence electrons. The molecule has 2 aromatic heterocycles. The lowest BCUT2D eigenvalue weighted by Crippen LogP contribution is -1.88. The molecule has 0 fully saturated rings. The maximum Gasteiger partial charge on any atom is 0.203 e. The number of thiophene rings is 1. The van der Waals surface area contributed by atoms with Gasteiger partial charge in [0.2, 0.25) is 5.13 Å². The van der Waals surface area contributed by atoms with Crippen LogP contribution >= 0.6 is 38.6 Å². The van der Waals surface area contributed by atoms with Gasteiger partial charge in [-0.15, -0.1) is 22.7 Å². The van der Waals surface area contributed by atoms with E-state index >= 15 is 0 Å². The Morgan fingerprint density at radius 2 is 2.00 bits per heavy atom. The molecule has 0 aliphatic carbocycles. The van der Waals surface area contributed by atoms with Gasteiger partial charge in [0.05, 0.1) is 16.8 Å². The van der Waals surface area contributed by atoms with E-state index in [1.54, 1.807) is 12.3 Å². The molecule has 0 saturated carbocycles. The summed E-state index contributed by atoms with van der Waals surface area (Å²) in [5.74, 6) is 0. The Kier molecular flexibility index (Phi) is 4.42. The normalized spacial score (nSPS) is 11.1. The van der Waals surface area contributed by atoms with Gasteiger partial charge in [-0.3, -0.25) is 5.43 Å². The van der Waals surface area contributed by atoms with Gasteiger partial charge in [-0.1, -0.05) is 28.1 Å². The molecule has 0 unspecified atom stereocenters. The average Bonchev–Trinajstić information content (AvgIpc) is 3.09. The minimum Gasteiger partial charge on any atom is -0.253 e. The maximum atomic E-state index is 12.8. The van der Waals surface area contributed by atoms with Crippen LogP contribution in [-0.4, -0.2) is 11.2 Å². The zero-order valence-electron chi connectivity index (χ0n) is 10.6. The third kappa shape index (κ3) is 3.75. The standard InChI is InChI=1S/C14H9BrFN3S2/c15-10-3-1-9(2-4-10)12-8-20-14(18-12)19-17-7-11-5-6-13(16)21-11/h1-8H,(H,18,19). The highest BCUT2D eigenvalue weighted by atomic mass is 79.9. The lowest BCUT2D eigenvalue weighted by atomic mass is 10.2. The van der Waals surface area contributed by atoms with Crippen LogP contribution in [0.2, 0.25) is 0 Å². The molecule has 1 aromatic carbocycles. The smallest absolute Gasteiger partial charge is 0.203 e. The van der Waals surface area contributed by atoms with E-state index in [4.69, 9.17) is 0 Å². The molecule has 0 amide bonds. The topological polar surface area (TPSA) is 37.3 Å². The molecule has 7 heteroatoms. The van der Waals surface area contributed by atoms with E-state index in [1.165, 1.54) is 17.4 Å². The Balaban J connectivity index is 1.67. The molecule has 2 heterocycles. The minimum atomic E-state index is -0.219. The lowest BCUT2D eigenvalue weighted by Gasteiger charge is -1.96. The molecule has 3 aromatic rings. The number of aromatic nitrogens is 1. The van der Waals surface area contributed by atoms with Crippen molar-refractivity contribution in [1.82, 2.24) is 4.98 Å². The second kappa shape index (κ2) is 6.46. The van der Waals surface area contributed by atoms with Crippen LogP contribution in [0.1, 0.15) is 4.88 Å². The maximum absolute atomic E-state index is 12.8. The largest absolute Gasteiger partial charge is 0.253 e. The summed E-state index contributed by atoms with van der Waals surface area (Å²) in [6.07, 6.45) is 1.58. The van der Waals surface area contributed by atoms with Crippen molar-refractivity contribution in [3.8, 4) is 11.3 Å². The van der Waals surface area contributed by atoms with Crippen molar-refractivity contribution >= 4 is 49.9 Å². The van der Waals surface area contributed by atoms with Crippen molar-refractivity contribution in [2.24, 2.45) is 5.10 Å².